The molecule has 60 heavy (non-hydrogen) atoms. The van der Waals surface area contributed by atoms with E-state index in [0.29, 0.717) is 54.1 Å². The van der Waals surface area contributed by atoms with Crippen molar-refractivity contribution in [3.05, 3.63) is 106 Å². The number of piperidine rings is 2. The smallest absolute Gasteiger partial charge is 0.449 e. The van der Waals surface area contributed by atoms with E-state index in [9.17, 15) is 49.5 Å². The van der Waals surface area contributed by atoms with Crippen molar-refractivity contribution in [3.8, 4) is 0 Å². The molecular weight excluding hydrogens is 923 g/mol. The zero-order valence-corrected chi connectivity index (χ0v) is 34.1. The van der Waals surface area contributed by atoms with Gasteiger partial charge in [-0.1, -0.05) is 22.6 Å². The first-order valence-electron chi connectivity index (χ1n) is 19.3. The van der Waals surface area contributed by atoms with Crippen molar-refractivity contribution in [1.82, 2.24) is 15.5 Å². The number of anilines is 2. The van der Waals surface area contributed by atoms with Gasteiger partial charge in [-0.2, -0.15) is 26.3 Å². The molecule has 0 unspecified atom stereocenters. The molecular formula is C40H43F8IN6O5. The second-order valence-electron chi connectivity index (χ2n) is 14.5. The molecule has 6 N–H and O–H groups in total. The molecule has 0 aliphatic carbocycles. The molecule has 4 aliphatic heterocycles. The summed E-state index contributed by atoms with van der Waals surface area (Å²) in [6, 6.07) is 10.3. The maximum Gasteiger partial charge on any atom is 0.449 e. The number of Topliss-reactive ketones (excluding diaryl/α,β-unsaturated/α-hetero) is 2. The van der Waals surface area contributed by atoms with Crippen molar-refractivity contribution in [1.29, 1.82) is 0 Å². The van der Waals surface area contributed by atoms with E-state index in [4.69, 9.17) is 7.10 Å². The number of fused-ring (bicyclic) bond motifs is 2. The molecule has 20 heteroatoms. The fourth-order valence-electron chi connectivity index (χ4n) is 7.58. The number of furan rings is 2. The number of alkyl halides is 7. The van der Waals surface area contributed by atoms with Crippen molar-refractivity contribution in [2.24, 2.45) is 5.73 Å². The normalized spacial score (nSPS) is 17.8. The number of nitrogens with zero attached hydrogens (tertiary/aromatic N) is 1. The fraction of sp³-hybridized carbons (Fsp3) is 0.425. The number of benzene rings is 2. The number of carbonyl (C=O) groups is 3. The first-order chi connectivity index (χ1) is 28.8. The number of nitrogens with one attached hydrogen (secondary N) is 4. The van der Waals surface area contributed by atoms with E-state index < -0.39 is 41.3 Å². The van der Waals surface area contributed by atoms with Crippen molar-refractivity contribution < 1.29 is 59.7 Å². The zero-order valence-electron chi connectivity index (χ0n) is 32.9. The number of hydrogen-bond acceptors (Lipinski definition) is 9. The molecule has 0 saturated carbocycles. The Kier molecular flexibility index (Phi) is 14.5. The number of nitrogens with two attached hydrogens (primary N) is 1. The predicted octanol–water partition coefficient (Wildman–Crippen LogP) is 8.93. The molecule has 8 rings (SSSR count). The SMILES string of the molecule is NCc1ccoc1C(F)(F)F.O=C1CC2(CCN(C(=O)NCc3ccoc3C(F)(F)F)CC2)Nc2ccc(F)cc21.O=C1CC2(CCNCC2)Nc2ccc(F)cc21.[2H]CI. The van der Waals surface area contributed by atoms with Crippen LogP contribution in [0.15, 0.2) is 69.9 Å². The first kappa shape index (κ1) is 44.8. The van der Waals surface area contributed by atoms with Crippen LogP contribution in [-0.4, -0.2) is 64.7 Å². The topological polar surface area (TPSA) is 155 Å². The molecule has 2 spiro atoms. The Morgan fingerprint density at radius 2 is 1.25 bits per heavy atom. The Bertz CT molecular complexity index is 2150. The monoisotopic (exact) mass is 967 g/mol. The van der Waals surface area contributed by atoms with Gasteiger partial charge in [-0.25, -0.2) is 13.6 Å². The second kappa shape index (κ2) is 19.3. The summed E-state index contributed by atoms with van der Waals surface area (Å²) in [5.74, 6) is -3.04. The lowest BCUT2D eigenvalue weighted by Crippen LogP contribution is -2.55. The number of urea groups is 1. The van der Waals surface area contributed by atoms with Gasteiger partial charge in [-0.05, 0) is 92.2 Å². The van der Waals surface area contributed by atoms with Gasteiger partial charge in [0.15, 0.2) is 11.6 Å². The molecule has 2 amide bonds. The Labute approximate surface area is 354 Å². The summed E-state index contributed by atoms with van der Waals surface area (Å²) in [6.45, 7) is 2.06. The van der Waals surface area contributed by atoms with Gasteiger partial charge in [0.2, 0.25) is 11.5 Å². The minimum atomic E-state index is -4.63. The zero-order chi connectivity index (χ0) is 44.6. The number of hydrogen-bond donors (Lipinski definition) is 5. The third-order valence-corrected chi connectivity index (χ3v) is 10.6. The van der Waals surface area contributed by atoms with E-state index in [1.807, 2.05) is 22.6 Å². The lowest BCUT2D eigenvalue weighted by atomic mass is 9.78. The summed E-state index contributed by atoms with van der Waals surface area (Å²) in [5, 5.41) is 12.5. The van der Waals surface area contributed by atoms with Gasteiger partial charge in [0.05, 0.1) is 12.5 Å². The lowest BCUT2D eigenvalue weighted by Gasteiger charge is -2.45. The van der Waals surface area contributed by atoms with Crippen molar-refractivity contribution >= 4 is 51.6 Å². The number of halogens is 9. The number of likely N-dealkylation sites (tertiary alicyclic amines) is 1. The summed E-state index contributed by atoms with van der Waals surface area (Å²) >= 11 is 1.96. The quantitative estimate of drug-likeness (QED) is 0.0770. The minimum absolute atomic E-state index is 0.0162. The highest BCUT2D eigenvalue weighted by Crippen LogP contribution is 2.39. The number of rotatable bonds is 3. The molecule has 6 heterocycles. The maximum atomic E-state index is 13.4. The van der Waals surface area contributed by atoms with Crippen LogP contribution >= 0.6 is 22.6 Å². The van der Waals surface area contributed by atoms with Gasteiger partial charge in [0.1, 0.15) is 11.6 Å². The molecule has 0 bridgehead atoms. The number of carbonyl (C=O) groups excluding carboxylic acids is 3. The van der Waals surface area contributed by atoms with Crippen LogP contribution in [0.25, 0.3) is 0 Å². The molecule has 4 aliphatic rings. The highest BCUT2D eigenvalue weighted by molar-refractivity contribution is 14.1. The Morgan fingerprint density at radius 3 is 1.70 bits per heavy atom. The van der Waals surface area contributed by atoms with Crippen LogP contribution in [0.3, 0.4) is 0 Å². The van der Waals surface area contributed by atoms with Gasteiger partial charge in [-0.3, -0.25) is 9.59 Å². The predicted molar refractivity (Wildman–Crippen MR) is 214 cm³/mol. The summed E-state index contributed by atoms with van der Waals surface area (Å²) in [7, 11) is 0. The second-order valence-corrected chi connectivity index (χ2v) is 14.5. The summed E-state index contributed by atoms with van der Waals surface area (Å²) in [6.07, 6.45) is -3.61. The third-order valence-electron chi connectivity index (χ3n) is 10.6. The minimum Gasteiger partial charge on any atom is -0.459 e. The molecule has 2 aromatic carbocycles. The highest BCUT2D eigenvalue weighted by Gasteiger charge is 2.43. The van der Waals surface area contributed by atoms with Gasteiger partial charge in [-0.15, -0.1) is 0 Å². The van der Waals surface area contributed by atoms with E-state index in [-0.39, 0.29) is 53.6 Å². The largest absolute Gasteiger partial charge is 0.459 e. The number of ketones is 2. The molecule has 326 valence electrons. The summed E-state index contributed by atoms with van der Waals surface area (Å²) < 4.78 is 116. The molecule has 0 radical (unpaired) electrons. The molecule has 4 aromatic rings. The average Bonchev–Trinajstić information content (AvgIpc) is 3.90. The fourth-order valence-corrected chi connectivity index (χ4v) is 7.58. The van der Waals surface area contributed by atoms with Crippen molar-refractivity contribution in [3.63, 3.8) is 0 Å². The average molecular weight is 968 g/mol. The van der Waals surface area contributed by atoms with E-state index in [1.54, 1.807) is 6.07 Å². The summed E-state index contributed by atoms with van der Waals surface area (Å²) in [4.78, 5) is 38.9. The van der Waals surface area contributed by atoms with Crippen molar-refractivity contribution in [2.75, 3.05) is 41.7 Å². The highest BCUT2D eigenvalue weighted by atomic mass is 127. The lowest BCUT2D eigenvalue weighted by molar-refractivity contribution is -0.154. The number of amides is 2. The Hall–Kier alpha value is -4.70. The van der Waals surface area contributed by atoms with E-state index in [1.165, 1.54) is 47.4 Å². The van der Waals surface area contributed by atoms with Gasteiger partial charge >= 0.3 is 18.4 Å². The van der Waals surface area contributed by atoms with Crippen LogP contribution in [0.4, 0.5) is 51.3 Å². The van der Waals surface area contributed by atoms with Crippen LogP contribution < -0.4 is 27.0 Å². The first-order valence-corrected chi connectivity index (χ1v) is 20.1. The standard InChI is InChI=1S/C20H19F4N3O3.C13H15FN2O.C6H6F3NO.CH3I/c21-13-1-2-15-14(9-13)16(28)10-19(26-15)4-6-27(7-5-19)18(29)25-11-12-3-8-30-17(12)20(22,23)24;14-9-1-2-11-10(7-9)12(17)8-13(16-11)3-5-15-6-4-13;7-6(8,9)5-4(3-10)1-2-11-5;1-2/h1-3,8-9,26H,4-7,10-11H2,(H,25,29);1-2,7,15-16H,3-6,8H2;1-2H,3,10H2;1H3/i;;;1D. The Morgan fingerprint density at radius 1 is 0.800 bits per heavy atom. The van der Waals surface area contributed by atoms with Crippen LogP contribution in [0.1, 0.15) is 83.3 Å². The van der Waals surface area contributed by atoms with Gasteiger partial charge in [0, 0.05) is 85.1 Å². The third kappa shape index (κ3) is 11.2. The Balaban J connectivity index is 0.000000190. The van der Waals surface area contributed by atoms with Crippen LogP contribution in [-0.2, 0) is 25.4 Å². The van der Waals surface area contributed by atoms with E-state index in [2.05, 4.69) is 30.1 Å². The van der Waals surface area contributed by atoms with Crippen molar-refractivity contribution in [2.45, 2.75) is 75.0 Å². The van der Waals surface area contributed by atoms with Gasteiger partial charge in [0.25, 0.3) is 0 Å². The molecule has 2 saturated heterocycles. The molecule has 11 nitrogen and oxygen atoms in total. The van der Waals surface area contributed by atoms with Crippen LogP contribution in [0.2, 0.25) is 0 Å². The maximum absolute atomic E-state index is 13.4. The molecule has 0 atom stereocenters. The van der Waals surface area contributed by atoms with E-state index in [0.717, 1.165) is 44.1 Å². The van der Waals surface area contributed by atoms with Gasteiger partial charge < -0.3 is 40.7 Å². The molecule has 2 fully saturated rings. The van der Waals surface area contributed by atoms with Crippen LogP contribution in [0.5, 0.6) is 0 Å². The summed E-state index contributed by atoms with van der Waals surface area (Å²) in [5.41, 5.74) is 6.40. The van der Waals surface area contributed by atoms with Crippen LogP contribution in [0, 0.1) is 11.6 Å². The van der Waals surface area contributed by atoms with E-state index >= 15 is 0 Å². The molecule has 2 aromatic heterocycles.